The van der Waals surface area contributed by atoms with Gasteiger partial charge in [-0.25, -0.2) is 0 Å². The van der Waals surface area contributed by atoms with Crippen molar-refractivity contribution >= 4 is 17.4 Å². The molecule has 0 radical (unpaired) electrons. The van der Waals surface area contributed by atoms with E-state index >= 15 is 0 Å². The molecule has 0 N–H and O–H groups in total. The number of aromatic nitrogens is 2. The van der Waals surface area contributed by atoms with Crippen molar-refractivity contribution in [2.24, 2.45) is 0 Å². The van der Waals surface area contributed by atoms with Crippen LogP contribution >= 0.6 is 11.8 Å². The normalized spacial score (nSPS) is 11.8. The highest BCUT2D eigenvalue weighted by molar-refractivity contribution is 7.99. The van der Waals surface area contributed by atoms with Gasteiger partial charge in [0.1, 0.15) is 0 Å². The van der Waals surface area contributed by atoms with Gasteiger partial charge in [-0.15, -0.1) is 10.2 Å². The van der Waals surface area contributed by atoms with E-state index in [1.54, 1.807) is 19.1 Å². The fourth-order valence-electron chi connectivity index (χ4n) is 1.30. The molecule has 0 saturated carbocycles. The predicted molar refractivity (Wildman–Crippen MR) is 67.3 cm³/mol. The first kappa shape index (κ1) is 13.0. The Morgan fingerprint density at radius 3 is 3.00 bits per heavy atom. The number of nitrogens with zero attached hydrogens (tertiary/aromatic N) is 4. The molecule has 0 unspecified atom stereocenters. The summed E-state index contributed by atoms with van der Waals surface area (Å²) in [5, 5.41) is 26.9. The molecule has 0 aliphatic carbocycles. The number of benzene rings is 1. The molecule has 1 aromatic heterocycles. The fraction of sp³-hybridized carbons (Fsp3) is 0.182. The van der Waals surface area contributed by atoms with E-state index in [0.717, 1.165) is 11.8 Å². The summed E-state index contributed by atoms with van der Waals surface area (Å²) in [5.74, 6) is 0.191. The molecule has 0 aliphatic rings. The maximum absolute atomic E-state index is 10.7. The molecule has 96 valence electrons. The fourth-order valence-corrected chi connectivity index (χ4v) is 1.87. The van der Waals surface area contributed by atoms with Crippen molar-refractivity contribution in [1.29, 1.82) is 5.26 Å². The number of nitriles is 1. The van der Waals surface area contributed by atoms with Crippen LogP contribution in [0.4, 0.5) is 5.69 Å². The van der Waals surface area contributed by atoms with E-state index in [-0.39, 0.29) is 22.1 Å². The predicted octanol–water partition coefficient (Wildman–Crippen LogP) is 2.65. The Hall–Kier alpha value is -2.40. The Labute approximate surface area is 112 Å². The first-order valence-corrected chi connectivity index (χ1v) is 6.12. The maximum Gasteiger partial charge on any atom is 0.278 e. The van der Waals surface area contributed by atoms with Crippen LogP contribution in [0.1, 0.15) is 6.92 Å². The third-order valence-electron chi connectivity index (χ3n) is 2.17. The standard InChI is InChI=1S/C11H8N4O3S/c1-7(6-12)19-11-14-13-10(18-11)8-3-2-4-9(5-8)15(16)17/h2-5,7H,1H3/t7-/m0/s1. The van der Waals surface area contributed by atoms with Crippen LogP contribution in [-0.2, 0) is 0 Å². The molecule has 0 saturated heterocycles. The quantitative estimate of drug-likeness (QED) is 0.480. The summed E-state index contributed by atoms with van der Waals surface area (Å²) in [7, 11) is 0. The van der Waals surface area contributed by atoms with Crippen molar-refractivity contribution in [1.82, 2.24) is 10.2 Å². The van der Waals surface area contributed by atoms with E-state index in [4.69, 9.17) is 9.68 Å². The average Bonchev–Trinajstić information content (AvgIpc) is 2.87. The molecule has 0 spiro atoms. The Morgan fingerprint density at radius 2 is 2.32 bits per heavy atom. The van der Waals surface area contributed by atoms with E-state index in [1.165, 1.54) is 12.1 Å². The molecule has 2 rings (SSSR count). The zero-order valence-electron chi connectivity index (χ0n) is 9.81. The highest BCUT2D eigenvalue weighted by Gasteiger charge is 2.14. The summed E-state index contributed by atoms with van der Waals surface area (Å²) in [5.41, 5.74) is 0.424. The number of nitro groups is 1. The Kier molecular flexibility index (Phi) is 3.77. The lowest BCUT2D eigenvalue weighted by molar-refractivity contribution is -0.384. The largest absolute Gasteiger partial charge is 0.411 e. The van der Waals surface area contributed by atoms with E-state index < -0.39 is 4.92 Å². The van der Waals surface area contributed by atoms with Gasteiger partial charge in [-0.1, -0.05) is 6.07 Å². The summed E-state index contributed by atoms with van der Waals surface area (Å²) < 4.78 is 5.34. The van der Waals surface area contributed by atoms with Crippen molar-refractivity contribution in [2.45, 2.75) is 17.4 Å². The molecule has 7 nitrogen and oxygen atoms in total. The molecule has 1 aromatic carbocycles. The molecular formula is C11H8N4O3S. The number of rotatable bonds is 4. The lowest BCUT2D eigenvalue weighted by atomic mass is 10.2. The molecule has 1 heterocycles. The molecule has 2 aromatic rings. The third kappa shape index (κ3) is 3.08. The molecule has 0 fully saturated rings. The monoisotopic (exact) mass is 276 g/mol. The van der Waals surface area contributed by atoms with Gasteiger partial charge in [-0.2, -0.15) is 5.26 Å². The van der Waals surface area contributed by atoms with Gasteiger partial charge in [0.05, 0.1) is 16.2 Å². The first-order valence-electron chi connectivity index (χ1n) is 5.25. The minimum absolute atomic E-state index is 0.0460. The van der Waals surface area contributed by atoms with Crippen LogP contribution in [0.15, 0.2) is 33.9 Å². The lowest BCUT2D eigenvalue weighted by Gasteiger charge is -1.96. The van der Waals surface area contributed by atoms with Gasteiger partial charge >= 0.3 is 0 Å². The number of thioether (sulfide) groups is 1. The molecule has 0 aliphatic heterocycles. The van der Waals surface area contributed by atoms with Crippen molar-refractivity contribution in [3.05, 3.63) is 34.4 Å². The van der Waals surface area contributed by atoms with Crippen LogP contribution in [0.3, 0.4) is 0 Å². The smallest absolute Gasteiger partial charge is 0.278 e. The second kappa shape index (κ2) is 5.49. The second-order valence-corrected chi connectivity index (χ2v) is 4.86. The van der Waals surface area contributed by atoms with Gasteiger partial charge in [0.25, 0.3) is 10.9 Å². The third-order valence-corrected chi connectivity index (χ3v) is 3.00. The zero-order valence-corrected chi connectivity index (χ0v) is 10.6. The van der Waals surface area contributed by atoms with Crippen LogP contribution < -0.4 is 0 Å². The van der Waals surface area contributed by atoms with Crippen LogP contribution in [-0.4, -0.2) is 20.4 Å². The van der Waals surface area contributed by atoms with Gasteiger partial charge < -0.3 is 4.42 Å². The summed E-state index contributed by atoms with van der Waals surface area (Å²) in [4.78, 5) is 10.2. The first-order chi connectivity index (χ1) is 9.10. The van der Waals surface area contributed by atoms with Crippen molar-refractivity contribution < 1.29 is 9.34 Å². The average molecular weight is 276 g/mol. The van der Waals surface area contributed by atoms with Gasteiger partial charge in [-0.3, -0.25) is 10.1 Å². The van der Waals surface area contributed by atoms with Crippen molar-refractivity contribution in [2.75, 3.05) is 0 Å². The molecule has 8 heteroatoms. The van der Waals surface area contributed by atoms with Gasteiger partial charge in [0.15, 0.2) is 0 Å². The molecule has 0 amide bonds. The van der Waals surface area contributed by atoms with E-state index in [2.05, 4.69) is 10.2 Å². The van der Waals surface area contributed by atoms with Crippen LogP contribution in [0, 0.1) is 21.4 Å². The summed E-state index contributed by atoms with van der Waals surface area (Å²) in [6, 6.07) is 7.96. The Bertz CT molecular complexity index is 649. The van der Waals surface area contributed by atoms with Crippen molar-refractivity contribution in [3.8, 4) is 17.5 Å². The lowest BCUT2D eigenvalue weighted by Crippen LogP contribution is -1.88. The van der Waals surface area contributed by atoms with E-state index in [9.17, 15) is 10.1 Å². The van der Waals surface area contributed by atoms with Crippen LogP contribution in [0.2, 0.25) is 0 Å². The molecule has 19 heavy (non-hydrogen) atoms. The highest BCUT2D eigenvalue weighted by atomic mass is 32.2. The summed E-state index contributed by atoms with van der Waals surface area (Å²) in [6.45, 7) is 1.71. The summed E-state index contributed by atoms with van der Waals surface area (Å²) >= 11 is 1.13. The van der Waals surface area contributed by atoms with Crippen LogP contribution in [0.5, 0.6) is 0 Å². The van der Waals surface area contributed by atoms with Gasteiger partial charge in [0, 0.05) is 17.7 Å². The number of nitro benzene ring substituents is 1. The molecule has 0 bridgehead atoms. The molecule has 1 atom stereocenters. The van der Waals surface area contributed by atoms with Gasteiger partial charge in [-0.05, 0) is 24.8 Å². The van der Waals surface area contributed by atoms with E-state index in [1.807, 2.05) is 6.07 Å². The Balaban J connectivity index is 2.25. The Morgan fingerprint density at radius 1 is 1.53 bits per heavy atom. The second-order valence-electron chi connectivity index (χ2n) is 3.57. The van der Waals surface area contributed by atoms with Crippen LogP contribution in [0.25, 0.3) is 11.5 Å². The minimum atomic E-state index is -0.493. The highest BCUT2D eigenvalue weighted by Crippen LogP contribution is 2.27. The number of hydrogen-bond donors (Lipinski definition) is 0. The minimum Gasteiger partial charge on any atom is -0.411 e. The maximum atomic E-state index is 10.7. The summed E-state index contributed by atoms with van der Waals surface area (Å²) in [6.07, 6.45) is 0. The van der Waals surface area contributed by atoms with Gasteiger partial charge in [0.2, 0.25) is 5.89 Å². The zero-order chi connectivity index (χ0) is 13.8. The number of hydrogen-bond acceptors (Lipinski definition) is 7. The molecular weight excluding hydrogens is 268 g/mol. The van der Waals surface area contributed by atoms with Crippen molar-refractivity contribution in [3.63, 3.8) is 0 Å². The van der Waals surface area contributed by atoms with E-state index in [0.29, 0.717) is 5.56 Å². The topological polar surface area (TPSA) is 106 Å². The SMILES string of the molecule is C[C@@H](C#N)Sc1nnc(-c2cccc([N+](=O)[O-])c2)o1. The number of non-ortho nitro benzene ring substituents is 1.